The van der Waals surface area contributed by atoms with Crippen molar-refractivity contribution in [3.05, 3.63) is 22.4 Å². The monoisotopic (exact) mass is 307 g/mol. The van der Waals surface area contributed by atoms with E-state index in [1.807, 2.05) is 11.3 Å². The van der Waals surface area contributed by atoms with Gasteiger partial charge in [0.15, 0.2) is 0 Å². The van der Waals surface area contributed by atoms with Crippen molar-refractivity contribution in [3.8, 4) is 0 Å². The average molecular weight is 308 g/mol. The van der Waals surface area contributed by atoms with E-state index in [0.29, 0.717) is 18.2 Å². The fourth-order valence-corrected chi connectivity index (χ4v) is 4.90. The molecule has 1 saturated carbocycles. The van der Waals surface area contributed by atoms with Crippen LogP contribution in [-0.4, -0.2) is 18.8 Å². The Morgan fingerprint density at radius 2 is 2.19 bits per heavy atom. The van der Waals surface area contributed by atoms with Gasteiger partial charge in [0, 0.05) is 23.6 Å². The third-order valence-electron chi connectivity index (χ3n) is 5.11. The number of rotatable bonds is 6. The molecule has 1 aliphatic carbocycles. The van der Waals surface area contributed by atoms with Gasteiger partial charge < -0.3 is 10.1 Å². The summed E-state index contributed by atoms with van der Waals surface area (Å²) in [7, 11) is 0. The molecule has 3 heteroatoms. The Hall–Kier alpha value is -0.380. The zero-order chi connectivity index (χ0) is 14.5. The molecule has 1 saturated heterocycles. The molecule has 0 bridgehead atoms. The third kappa shape index (κ3) is 4.08. The zero-order valence-electron chi connectivity index (χ0n) is 13.2. The minimum absolute atomic E-state index is 0.480. The Morgan fingerprint density at radius 1 is 1.33 bits per heavy atom. The second-order valence-electron chi connectivity index (χ2n) is 6.71. The van der Waals surface area contributed by atoms with Gasteiger partial charge in [-0.05, 0) is 49.5 Å². The highest BCUT2D eigenvalue weighted by Crippen LogP contribution is 2.38. The molecule has 0 spiro atoms. The van der Waals surface area contributed by atoms with Gasteiger partial charge in [-0.1, -0.05) is 32.3 Å². The van der Waals surface area contributed by atoms with Crippen LogP contribution in [-0.2, 0) is 4.74 Å². The van der Waals surface area contributed by atoms with Gasteiger partial charge in [0.2, 0.25) is 0 Å². The molecule has 2 nitrogen and oxygen atoms in total. The second kappa shape index (κ2) is 7.75. The zero-order valence-corrected chi connectivity index (χ0v) is 14.0. The lowest BCUT2D eigenvalue weighted by Gasteiger charge is -2.35. The minimum Gasteiger partial charge on any atom is -0.378 e. The van der Waals surface area contributed by atoms with E-state index in [-0.39, 0.29) is 0 Å². The van der Waals surface area contributed by atoms with E-state index >= 15 is 0 Å². The summed E-state index contributed by atoms with van der Waals surface area (Å²) in [5.74, 6) is 0.844. The number of hydrogen-bond donors (Lipinski definition) is 1. The molecule has 3 unspecified atom stereocenters. The third-order valence-corrected chi connectivity index (χ3v) is 6.07. The van der Waals surface area contributed by atoms with Crippen molar-refractivity contribution in [1.29, 1.82) is 0 Å². The lowest BCUT2D eigenvalue weighted by molar-refractivity contribution is -0.00629. The molecule has 1 aliphatic heterocycles. The Balaban J connectivity index is 1.63. The van der Waals surface area contributed by atoms with E-state index in [2.05, 4.69) is 29.8 Å². The first kappa shape index (κ1) is 15.5. The van der Waals surface area contributed by atoms with Crippen molar-refractivity contribution < 1.29 is 4.74 Å². The van der Waals surface area contributed by atoms with Gasteiger partial charge in [-0.3, -0.25) is 0 Å². The maximum atomic E-state index is 5.91. The van der Waals surface area contributed by atoms with Crippen molar-refractivity contribution in [2.45, 2.75) is 76.5 Å². The van der Waals surface area contributed by atoms with Crippen LogP contribution in [0.25, 0.3) is 0 Å². The topological polar surface area (TPSA) is 21.3 Å². The Morgan fingerprint density at radius 3 is 2.90 bits per heavy atom. The van der Waals surface area contributed by atoms with Crippen LogP contribution >= 0.6 is 11.3 Å². The van der Waals surface area contributed by atoms with Crippen LogP contribution in [0.15, 0.2) is 17.5 Å². The Kier molecular flexibility index (Phi) is 5.73. The summed E-state index contributed by atoms with van der Waals surface area (Å²) in [4.78, 5) is 1.54. The first-order valence-electron chi connectivity index (χ1n) is 8.78. The SMILES string of the molecule is CCCC1CC(NC(c2cccs2)C2CCCC2)CCO1. The van der Waals surface area contributed by atoms with E-state index in [4.69, 9.17) is 4.74 Å². The predicted octanol–water partition coefficient (Wildman–Crippen LogP) is 4.92. The molecule has 1 aromatic rings. The number of thiophene rings is 1. The number of nitrogens with one attached hydrogen (secondary N) is 1. The fraction of sp³-hybridized carbons (Fsp3) is 0.778. The van der Waals surface area contributed by atoms with E-state index in [1.165, 1.54) is 51.4 Å². The quantitative estimate of drug-likeness (QED) is 0.805. The first-order valence-corrected chi connectivity index (χ1v) is 9.66. The smallest absolute Gasteiger partial charge is 0.0589 e. The van der Waals surface area contributed by atoms with Crippen LogP contribution in [0, 0.1) is 5.92 Å². The molecular formula is C18H29NOS. The molecule has 2 aliphatic rings. The summed E-state index contributed by atoms with van der Waals surface area (Å²) in [6.45, 7) is 3.19. The normalized spacial score (nSPS) is 28.8. The summed E-state index contributed by atoms with van der Waals surface area (Å²) in [6, 6.07) is 5.75. The predicted molar refractivity (Wildman–Crippen MR) is 89.8 cm³/mol. The van der Waals surface area contributed by atoms with Gasteiger partial charge >= 0.3 is 0 Å². The van der Waals surface area contributed by atoms with Crippen LogP contribution in [0.3, 0.4) is 0 Å². The van der Waals surface area contributed by atoms with Gasteiger partial charge in [-0.15, -0.1) is 11.3 Å². The summed E-state index contributed by atoms with van der Waals surface area (Å²) in [5, 5.41) is 6.24. The first-order chi connectivity index (χ1) is 10.4. The van der Waals surface area contributed by atoms with Crippen LogP contribution in [0.4, 0.5) is 0 Å². The fourth-order valence-electron chi connectivity index (χ4n) is 4.02. The molecule has 0 aromatic carbocycles. The summed E-state index contributed by atoms with van der Waals surface area (Å²) < 4.78 is 5.91. The minimum atomic E-state index is 0.480. The highest BCUT2D eigenvalue weighted by atomic mass is 32.1. The van der Waals surface area contributed by atoms with Crippen LogP contribution < -0.4 is 5.32 Å². The van der Waals surface area contributed by atoms with Crippen molar-refractivity contribution in [2.24, 2.45) is 5.92 Å². The summed E-state index contributed by atoms with van der Waals surface area (Å²) >= 11 is 1.92. The molecular weight excluding hydrogens is 278 g/mol. The Bertz CT molecular complexity index is 397. The molecule has 1 aromatic heterocycles. The molecule has 118 valence electrons. The second-order valence-corrected chi connectivity index (χ2v) is 7.69. The van der Waals surface area contributed by atoms with Gasteiger partial charge in [0.05, 0.1) is 6.10 Å². The van der Waals surface area contributed by atoms with Crippen molar-refractivity contribution in [3.63, 3.8) is 0 Å². The van der Waals surface area contributed by atoms with Crippen molar-refractivity contribution in [2.75, 3.05) is 6.61 Å². The molecule has 3 atom stereocenters. The van der Waals surface area contributed by atoms with Gasteiger partial charge in [0.1, 0.15) is 0 Å². The molecule has 3 rings (SSSR count). The number of hydrogen-bond acceptors (Lipinski definition) is 3. The maximum absolute atomic E-state index is 5.91. The molecule has 2 fully saturated rings. The number of ether oxygens (including phenoxy) is 1. The highest BCUT2D eigenvalue weighted by molar-refractivity contribution is 7.10. The van der Waals surface area contributed by atoms with Crippen molar-refractivity contribution >= 4 is 11.3 Å². The summed E-state index contributed by atoms with van der Waals surface area (Å²) in [5.41, 5.74) is 0. The molecule has 1 N–H and O–H groups in total. The van der Waals surface area contributed by atoms with E-state index in [0.717, 1.165) is 12.5 Å². The maximum Gasteiger partial charge on any atom is 0.0589 e. The Labute approximate surface area is 133 Å². The molecule has 2 heterocycles. The van der Waals surface area contributed by atoms with Crippen LogP contribution in [0.2, 0.25) is 0 Å². The standard InChI is InChI=1S/C18H29NOS/c1-2-6-16-13-15(10-11-20-16)19-18(14-7-3-4-8-14)17-9-5-12-21-17/h5,9,12,14-16,18-19H,2-4,6-8,10-11,13H2,1H3. The van der Waals surface area contributed by atoms with Crippen LogP contribution in [0.5, 0.6) is 0 Å². The van der Waals surface area contributed by atoms with Crippen molar-refractivity contribution in [1.82, 2.24) is 5.32 Å². The van der Waals surface area contributed by atoms with E-state index < -0.39 is 0 Å². The molecule has 21 heavy (non-hydrogen) atoms. The average Bonchev–Trinajstić information content (AvgIpc) is 3.19. The highest BCUT2D eigenvalue weighted by Gasteiger charge is 2.31. The lowest BCUT2D eigenvalue weighted by atomic mass is 9.93. The summed E-state index contributed by atoms with van der Waals surface area (Å²) in [6.07, 6.45) is 10.9. The molecule has 0 amide bonds. The van der Waals surface area contributed by atoms with Gasteiger partial charge in [0.25, 0.3) is 0 Å². The van der Waals surface area contributed by atoms with Gasteiger partial charge in [-0.2, -0.15) is 0 Å². The van der Waals surface area contributed by atoms with Gasteiger partial charge in [-0.25, -0.2) is 0 Å². The van der Waals surface area contributed by atoms with Crippen LogP contribution in [0.1, 0.15) is 69.2 Å². The molecule has 0 radical (unpaired) electrons. The van der Waals surface area contributed by atoms with E-state index in [9.17, 15) is 0 Å². The van der Waals surface area contributed by atoms with E-state index in [1.54, 1.807) is 4.88 Å². The largest absolute Gasteiger partial charge is 0.378 e. The lowest BCUT2D eigenvalue weighted by Crippen LogP contribution is -2.42.